The average Bonchev–Trinajstić information content (AvgIpc) is 2.96. The van der Waals surface area contributed by atoms with Crippen molar-refractivity contribution in [2.24, 2.45) is 0 Å². The molecule has 0 aliphatic carbocycles. The Hall–Kier alpha value is -1.67. The van der Waals surface area contributed by atoms with Gasteiger partial charge in [0.25, 0.3) is 0 Å². The number of fused-ring (bicyclic) bond motifs is 1. The molecule has 1 fully saturated rings. The van der Waals surface area contributed by atoms with Crippen molar-refractivity contribution in [1.29, 1.82) is 0 Å². The van der Waals surface area contributed by atoms with Crippen LogP contribution >= 0.6 is 0 Å². The number of hydrogen-bond donors (Lipinski definition) is 2. The van der Waals surface area contributed by atoms with Crippen LogP contribution in [0, 0.1) is 0 Å². The van der Waals surface area contributed by atoms with Crippen molar-refractivity contribution < 1.29 is 8.42 Å². The van der Waals surface area contributed by atoms with Crippen molar-refractivity contribution >= 4 is 26.9 Å². The van der Waals surface area contributed by atoms with Crippen molar-refractivity contribution in [2.45, 2.75) is 31.7 Å². The van der Waals surface area contributed by atoms with E-state index >= 15 is 0 Å². The molecule has 1 unspecified atom stereocenters. The van der Waals surface area contributed by atoms with Crippen molar-refractivity contribution in [3.63, 3.8) is 0 Å². The highest BCUT2D eigenvalue weighted by Gasteiger charge is 2.28. The highest BCUT2D eigenvalue weighted by Crippen LogP contribution is 2.23. The summed E-state index contributed by atoms with van der Waals surface area (Å²) in [7, 11) is -3.12. The minimum atomic E-state index is -3.12. The first kappa shape index (κ1) is 15.2. The van der Waals surface area contributed by atoms with E-state index in [1.807, 2.05) is 12.3 Å². The van der Waals surface area contributed by atoms with E-state index in [2.05, 4.69) is 20.3 Å². The summed E-state index contributed by atoms with van der Waals surface area (Å²) in [6, 6.07) is 1.98. The van der Waals surface area contributed by atoms with Gasteiger partial charge in [-0.25, -0.2) is 18.4 Å². The third kappa shape index (κ3) is 3.22. The van der Waals surface area contributed by atoms with Crippen LogP contribution < -0.4 is 5.32 Å². The molecule has 1 saturated heterocycles. The van der Waals surface area contributed by atoms with Gasteiger partial charge in [0.2, 0.25) is 10.0 Å². The molecule has 0 amide bonds. The molecule has 0 spiro atoms. The fourth-order valence-electron chi connectivity index (χ4n) is 3.06. The molecule has 22 heavy (non-hydrogen) atoms. The van der Waals surface area contributed by atoms with Crippen LogP contribution in [-0.4, -0.2) is 53.1 Å². The number of sulfonamides is 1. The predicted octanol–water partition coefficient (Wildman–Crippen LogP) is 1.57. The maximum absolute atomic E-state index is 11.8. The van der Waals surface area contributed by atoms with Crippen LogP contribution in [0.15, 0.2) is 18.6 Å². The summed E-state index contributed by atoms with van der Waals surface area (Å²) in [5.74, 6) is 0.761. The number of H-pyrrole nitrogens is 1. The van der Waals surface area contributed by atoms with Gasteiger partial charge in [-0.2, -0.15) is 4.31 Å². The van der Waals surface area contributed by atoms with Crippen molar-refractivity contribution in [2.75, 3.05) is 24.7 Å². The maximum Gasteiger partial charge on any atom is 0.211 e. The lowest BCUT2D eigenvalue weighted by atomic mass is 10.0. The Balaban J connectivity index is 1.63. The van der Waals surface area contributed by atoms with Crippen LogP contribution in [0.3, 0.4) is 0 Å². The fraction of sp³-hybridized carbons (Fsp3) is 0.571. The van der Waals surface area contributed by atoms with Crippen molar-refractivity contribution in [1.82, 2.24) is 19.3 Å². The largest absolute Gasteiger partial charge is 0.368 e. The molecular weight excluding hydrogens is 302 g/mol. The molecule has 120 valence electrons. The molecule has 3 heterocycles. The molecule has 0 saturated carbocycles. The van der Waals surface area contributed by atoms with Gasteiger partial charge in [0, 0.05) is 25.3 Å². The first-order valence-corrected chi connectivity index (χ1v) is 9.39. The van der Waals surface area contributed by atoms with Gasteiger partial charge in [0.15, 0.2) is 5.82 Å². The smallest absolute Gasteiger partial charge is 0.211 e. The number of hydrogen-bond acceptors (Lipinski definition) is 5. The van der Waals surface area contributed by atoms with Crippen LogP contribution in [0.5, 0.6) is 0 Å². The van der Waals surface area contributed by atoms with E-state index in [0.717, 1.165) is 42.5 Å². The first-order chi connectivity index (χ1) is 10.6. The maximum atomic E-state index is 11.8. The Morgan fingerprint density at radius 3 is 3.09 bits per heavy atom. The zero-order valence-electron chi connectivity index (χ0n) is 12.6. The van der Waals surface area contributed by atoms with Gasteiger partial charge >= 0.3 is 0 Å². The van der Waals surface area contributed by atoms with E-state index in [-0.39, 0.29) is 6.04 Å². The summed E-state index contributed by atoms with van der Waals surface area (Å²) in [4.78, 5) is 11.5. The number of aromatic nitrogens is 3. The number of anilines is 1. The molecule has 0 radical (unpaired) electrons. The molecule has 2 aromatic heterocycles. The number of rotatable bonds is 5. The summed E-state index contributed by atoms with van der Waals surface area (Å²) < 4.78 is 25.3. The van der Waals surface area contributed by atoms with Gasteiger partial charge in [-0.15, -0.1) is 0 Å². The minimum Gasteiger partial charge on any atom is -0.368 e. The second-order valence-corrected chi connectivity index (χ2v) is 7.63. The van der Waals surface area contributed by atoms with E-state index in [4.69, 9.17) is 0 Å². The van der Waals surface area contributed by atoms with Gasteiger partial charge in [-0.1, -0.05) is 6.42 Å². The van der Waals surface area contributed by atoms with E-state index in [9.17, 15) is 8.42 Å². The van der Waals surface area contributed by atoms with Crippen molar-refractivity contribution in [3.05, 3.63) is 18.6 Å². The topological polar surface area (TPSA) is 91.0 Å². The highest BCUT2D eigenvalue weighted by molar-refractivity contribution is 7.88. The van der Waals surface area contributed by atoms with Crippen LogP contribution in [0.1, 0.15) is 25.7 Å². The standard InChI is InChI=1S/C14H21N5O2S/c1-22(20,21)19-9-3-2-4-11(19)5-7-16-14-13-12(6-8-15-13)17-10-18-14/h6,8,10-11,15H,2-5,7,9H2,1H3,(H,16,17,18). The lowest BCUT2D eigenvalue weighted by molar-refractivity contribution is 0.246. The average molecular weight is 323 g/mol. The third-order valence-electron chi connectivity index (χ3n) is 4.11. The van der Waals surface area contributed by atoms with Crippen LogP contribution in [0.2, 0.25) is 0 Å². The van der Waals surface area contributed by atoms with Crippen molar-refractivity contribution in [3.8, 4) is 0 Å². The Morgan fingerprint density at radius 1 is 1.41 bits per heavy atom. The summed E-state index contributed by atoms with van der Waals surface area (Å²) in [6.45, 7) is 1.32. The van der Waals surface area contributed by atoms with Gasteiger partial charge in [0.1, 0.15) is 11.8 Å². The summed E-state index contributed by atoms with van der Waals surface area (Å²) >= 11 is 0. The molecule has 0 aromatic carbocycles. The second kappa shape index (κ2) is 6.21. The zero-order chi connectivity index (χ0) is 15.6. The summed E-state index contributed by atoms with van der Waals surface area (Å²) in [5, 5.41) is 3.29. The molecule has 7 nitrogen and oxygen atoms in total. The molecule has 1 atom stereocenters. The minimum absolute atomic E-state index is 0.0808. The molecule has 3 rings (SSSR count). The van der Waals surface area contributed by atoms with Gasteiger partial charge in [-0.05, 0) is 25.3 Å². The number of piperidine rings is 1. The number of aromatic amines is 1. The molecule has 0 bridgehead atoms. The van der Waals surface area contributed by atoms with E-state index in [1.54, 1.807) is 4.31 Å². The number of nitrogens with one attached hydrogen (secondary N) is 2. The van der Waals surface area contributed by atoms with Gasteiger partial charge < -0.3 is 10.3 Å². The molecular formula is C14H21N5O2S. The lowest BCUT2D eigenvalue weighted by Gasteiger charge is -2.33. The second-order valence-electron chi connectivity index (χ2n) is 5.70. The van der Waals surface area contributed by atoms with E-state index < -0.39 is 10.0 Å². The molecule has 8 heteroatoms. The quantitative estimate of drug-likeness (QED) is 0.871. The Bertz CT molecular complexity index is 743. The zero-order valence-corrected chi connectivity index (χ0v) is 13.4. The van der Waals surface area contributed by atoms with Gasteiger partial charge in [-0.3, -0.25) is 0 Å². The lowest BCUT2D eigenvalue weighted by Crippen LogP contribution is -2.43. The van der Waals surface area contributed by atoms with Gasteiger partial charge in [0.05, 0.1) is 11.8 Å². The molecule has 1 aliphatic rings. The highest BCUT2D eigenvalue weighted by atomic mass is 32.2. The first-order valence-electron chi connectivity index (χ1n) is 7.54. The summed E-state index contributed by atoms with van der Waals surface area (Å²) in [6.07, 6.45) is 8.40. The molecule has 2 N–H and O–H groups in total. The monoisotopic (exact) mass is 323 g/mol. The SMILES string of the molecule is CS(=O)(=O)N1CCCCC1CCNc1ncnc2cc[nH]c12. The molecule has 2 aromatic rings. The van der Waals surface area contributed by atoms with Crippen LogP contribution in [0.4, 0.5) is 5.82 Å². The third-order valence-corrected chi connectivity index (χ3v) is 5.45. The fourth-order valence-corrected chi connectivity index (χ4v) is 4.28. The van der Waals surface area contributed by atoms with Crippen LogP contribution in [-0.2, 0) is 10.0 Å². The summed E-state index contributed by atoms with van der Waals surface area (Å²) in [5.41, 5.74) is 1.75. The number of nitrogens with zero attached hydrogens (tertiary/aromatic N) is 3. The van der Waals surface area contributed by atoms with E-state index in [1.165, 1.54) is 12.6 Å². The molecule has 1 aliphatic heterocycles. The Morgan fingerprint density at radius 2 is 2.27 bits per heavy atom. The van der Waals surface area contributed by atoms with E-state index in [0.29, 0.717) is 13.1 Å². The Kier molecular flexibility index (Phi) is 4.30. The Labute approximate surface area is 130 Å². The normalized spacial score (nSPS) is 20.3. The predicted molar refractivity (Wildman–Crippen MR) is 86.2 cm³/mol. The van der Waals surface area contributed by atoms with Crippen LogP contribution in [0.25, 0.3) is 11.0 Å².